The number of nitrogens with zero attached hydrogens (tertiary/aromatic N) is 2. The molecule has 0 spiro atoms. The van der Waals surface area contributed by atoms with Crippen LogP contribution < -0.4 is 15.5 Å². The van der Waals surface area contributed by atoms with Crippen molar-refractivity contribution in [3.05, 3.63) is 28.3 Å². The first-order chi connectivity index (χ1) is 9.22. The van der Waals surface area contributed by atoms with E-state index < -0.39 is 4.92 Å². The summed E-state index contributed by atoms with van der Waals surface area (Å²) in [5.41, 5.74) is 1.49. The molecule has 1 aliphatic heterocycles. The molecular formula is C12H19N4O3+. The Labute approximate surface area is 111 Å². The number of anilines is 2. The fraction of sp³-hybridized carbons (Fsp3) is 0.500. The standard InChI is InChI=1S/C12H18N4O3/c17-8-5-14-11-9-10(1-2-12(11)16(18)19)15-6-3-13-4-7-15/h1-2,9,13-14,17H,3-8H2/p+1. The lowest BCUT2D eigenvalue weighted by atomic mass is 10.2. The zero-order chi connectivity index (χ0) is 13.7. The Morgan fingerprint density at radius 2 is 2.16 bits per heavy atom. The molecule has 1 aromatic rings. The van der Waals surface area contributed by atoms with Crippen molar-refractivity contribution >= 4 is 17.1 Å². The van der Waals surface area contributed by atoms with Crippen LogP contribution in [0.2, 0.25) is 0 Å². The Bertz CT molecular complexity index is 447. The summed E-state index contributed by atoms with van der Waals surface area (Å²) in [5, 5.41) is 24.9. The van der Waals surface area contributed by atoms with Gasteiger partial charge in [-0.3, -0.25) is 10.1 Å². The van der Waals surface area contributed by atoms with Crippen molar-refractivity contribution in [2.45, 2.75) is 0 Å². The second-order valence-corrected chi connectivity index (χ2v) is 4.46. The van der Waals surface area contributed by atoms with Crippen molar-refractivity contribution in [1.29, 1.82) is 0 Å². The van der Waals surface area contributed by atoms with Crippen LogP contribution in [-0.4, -0.2) is 49.4 Å². The highest BCUT2D eigenvalue weighted by Crippen LogP contribution is 2.29. The molecule has 104 valence electrons. The van der Waals surface area contributed by atoms with Gasteiger partial charge in [-0.2, -0.15) is 0 Å². The molecule has 1 heterocycles. The summed E-state index contributed by atoms with van der Waals surface area (Å²) < 4.78 is 0. The van der Waals surface area contributed by atoms with E-state index in [0.717, 1.165) is 31.9 Å². The largest absolute Gasteiger partial charge is 0.395 e. The fourth-order valence-corrected chi connectivity index (χ4v) is 2.22. The van der Waals surface area contributed by atoms with E-state index in [2.05, 4.69) is 15.5 Å². The van der Waals surface area contributed by atoms with Crippen molar-refractivity contribution in [2.75, 3.05) is 49.5 Å². The first-order valence-corrected chi connectivity index (χ1v) is 6.42. The van der Waals surface area contributed by atoms with Crippen LogP contribution in [-0.2, 0) is 0 Å². The first-order valence-electron chi connectivity index (χ1n) is 6.42. The van der Waals surface area contributed by atoms with Gasteiger partial charge < -0.3 is 20.6 Å². The number of nitro benzene ring substituents is 1. The molecule has 0 saturated carbocycles. The maximum atomic E-state index is 11.0. The molecule has 0 unspecified atom stereocenters. The van der Waals surface area contributed by atoms with E-state index in [0.29, 0.717) is 12.2 Å². The number of aliphatic hydroxyl groups excluding tert-OH is 1. The second-order valence-electron chi connectivity index (χ2n) is 4.46. The van der Waals surface area contributed by atoms with Gasteiger partial charge in [-0.05, 0) is 12.1 Å². The molecule has 1 aliphatic rings. The van der Waals surface area contributed by atoms with Crippen LogP contribution >= 0.6 is 0 Å². The minimum absolute atomic E-state index is 0.0424. The summed E-state index contributed by atoms with van der Waals surface area (Å²) in [4.78, 5) is 12.8. The van der Waals surface area contributed by atoms with Gasteiger partial charge in [0.05, 0.1) is 37.7 Å². The van der Waals surface area contributed by atoms with Crippen LogP contribution in [0, 0.1) is 10.1 Å². The van der Waals surface area contributed by atoms with E-state index in [9.17, 15) is 10.1 Å². The predicted molar refractivity (Wildman–Crippen MR) is 72.5 cm³/mol. The SMILES string of the molecule is O=[N+]([O-])c1ccc(N2CC[NH2+]CC2)cc1NCCO. The highest BCUT2D eigenvalue weighted by molar-refractivity contribution is 5.69. The summed E-state index contributed by atoms with van der Waals surface area (Å²) in [5.74, 6) is 0. The maximum Gasteiger partial charge on any atom is 0.292 e. The van der Waals surface area contributed by atoms with E-state index in [1.165, 1.54) is 6.07 Å². The lowest BCUT2D eigenvalue weighted by Gasteiger charge is -2.27. The van der Waals surface area contributed by atoms with Crippen LogP contribution in [0.4, 0.5) is 17.1 Å². The van der Waals surface area contributed by atoms with Crippen molar-refractivity contribution in [3.8, 4) is 0 Å². The molecule has 1 fully saturated rings. The van der Waals surface area contributed by atoms with Gasteiger partial charge in [0.1, 0.15) is 5.69 Å². The van der Waals surface area contributed by atoms with E-state index in [-0.39, 0.29) is 12.3 Å². The monoisotopic (exact) mass is 267 g/mol. The predicted octanol–water partition coefficient (Wildman–Crippen LogP) is -0.618. The molecule has 4 N–H and O–H groups in total. The van der Waals surface area contributed by atoms with Gasteiger partial charge in [0.2, 0.25) is 0 Å². The Balaban J connectivity index is 2.23. The number of benzene rings is 1. The average Bonchev–Trinajstić information content (AvgIpc) is 2.45. The number of nitrogens with two attached hydrogens (primary N) is 1. The van der Waals surface area contributed by atoms with Crippen LogP contribution in [0.1, 0.15) is 0 Å². The molecule has 0 radical (unpaired) electrons. The molecule has 7 nitrogen and oxygen atoms in total. The third-order valence-corrected chi connectivity index (χ3v) is 3.18. The number of rotatable bonds is 5. The van der Waals surface area contributed by atoms with E-state index >= 15 is 0 Å². The molecular weight excluding hydrogens is 248 g/mol. The van der Waals surface area contributed by atoms with E-state index in [1.54, 1.807) is 12.1 Å². The lowest BCUT2D eigenvalue weighted by molar-refractivity contribution is -0.655. The Morgan fingerprint density at radius 1 is 1.42 bits per heavy atom. The van der Waals surface area contributed by atoms with Crippen LogP contribution in [0.5, 0.6) is 0 Å². The van der Waals surface area contributed by atoms with Gasteiger partial charge in [0.25, 0.3) is 5.69 Å². The third kappa shape index (κ3) is 3.33. The number of aliphatic hydroxyl groups is 1. The van der Waals surface area contributed by atoms with Crippen LogP contribution in [0.3, 0.4) is 0 Å². The molecule has 1 aromatic carbocycles. The summed E-state index contributed by atoms with van der Waals surface area (Å²) in [6.45, 7) is 4.21. The molecule has 1 saturated heterocycles. The fourth-order valence-electron chi connectivity index (χ4n) is 2.22. The number of piperazine rings is 1. The Hall–Kier alpha value is -1.86. The van der Waals surface area contributed by atoms with Crippen molar-refractivity contribution in [3.63, 3.8) is 0 Å². The van der Waals surface area contributed by atoms with Crippen LogP contribution in [0.25, 0.3) is 0 Å². The second kappa shape index (κ2) is 6.35. The lowest BCUT2D eigenvalue weighted by Crippen LogP contribution is -2.89. The molecule has 0 bridgehead atoms. The summed E-state index contributed by atoms with van der Waals surface area (Å²) in [6.07, 6.45) is 0. The van der Waals surface area contributed by atoms with Gasteiger partial charge in [-0.1, -0.05) is 0 Å². The smallest absolute Gasteiger partial charge is 0.292 e. The Morgan fingerprint density at radius 3 is 2.79 bits per heavy atom. The summed E-state index contributed by atoms with van der Waals surface area (Å²) in [6, 6.07) is 5.10. The van der Waals surface area contributed by atoms with Crippen molar-refractivity contribution in [1.82, 2.24) is 0 Å². The molecule has 0 aromatic heterocycles. The number of hydrogen-bond acceptors (Lipinski definition) is 5. The highest BCUT2D eigenvalue weighted by Gasteiger charge is 2.18. The van der Waals surface area contributed by atoms with E-state index in [4.69, 9.17) is 5.11 Å². The van der Waals surface area contributed by atoms with Gasteiger partial charge in [0, 0.05) is 18.3 Å². The molecule has 0 aliphatic carbocycles. The van der Waals surface area contributed by atoms with E-state index in [1.807, 2.05) is 0 Å². The number of quaternary nitrogens is 1. The summed E-state index contributed by atoms with van der Waals surface area (Å²) >= 11 is 0. The normalized spacial score (nSPS) is 15.3. The molecule has 19 heavy (non-hydrogen) atoms. The third-order valence-electron chi connectivity index (χ3n) is 3.18. The quantitative estimate of drug-likeness (QED) is 0.488. The minimum Gasteiger partial charge on any atom is -0.395 e. The molecule has 0 atom stereocenters. The average molecular weight is 267 g/mol. The van der Waals surface area contributed by atoms with Crippen LogP contribution in [0.15, 0.2) is 18.2 Å². The number of nitrogens with one attached hydrogen (secondary N) is 1. The number of hydrogen-bond donors (Lipinski definition) is 3. The Kier molecular flexibility index (Phi) is 4.53. The number of nitro groups is 1. The zero-order valence-electron chi connectivity index (χ0n) is 10.7. The minimum atomic E-state index is -0.409. The highest BCUT2D eigenvalue weighted by atomic mass is 16.6. The summed E-state index contributed by atoms with van der Waals surface area (Å²) in [7, 11) is 0. The van der Waals surface area contributed by atoms with Gasteiger partial charge >= 0.3 is 0 Å². The van der Waals surface area contributed by atoms with Gasteiger partial charge in [-0.25, -0.2) is 0 Å². The van der Waals surface area contributed by atoms with Crippen molar-refractivity contribution < 1.29 is 15.3 Å². The van der Waals surface area contributed by atoms with Gasteiger partial charge in [0.15, 0.2) is 0 Å². The topological polar surface area (TPSA) is 95.2 Å². The first kappa shape index (κ1) is 13.6. The molecule has 7 heteroatoms. The molecule has 2 rings (SSSR count). The zero-order valence-corrected chi connectivity index (χ0v) is 10.7. The van der Waals surface area contributed by atoms with Gasteiger partial charge in [-0.15, -0.1) is 0 Å². The molecule has 0 amide bonds. The maximum absolute atomic E-state index is 11.0. The van der Waals surface area contributed by atoms with Crippen molar-refractivity contribution in [2.24, 2.45) is 0 Å².